The van der Waals surface area contributed by atoms with Crippen LogP contribution in [0.3, 0.4) is 0 Å². The number of carbonyl (C=O) groups is 1. The van der Waals surface area contributed by atoms with Gasteiger partial charge in [-0.05, 0) is 38.0 Å². The van der Waals surface area contributed by atoms with E-state index in [0.717, 1.165) is 29.0 Å². The first kappa shape index (κ1) is 15.6. The van der Waals surface area contributed by atoms with E-state index in [-0.39, 0.29) is 17.9 Å². The molecule has 1 aromatic rings. The summed E-state index contributed by atoms with van der Waals surface area (Å²) in [6.45, 7) is 4.86. The largest absolute Gasteiger partial charge is 0.496 e. The van der Waals surface area contributed by atoms with Crippen LogP contribution in [0.2, 0.25) is 0 Å². The highest BCUT2D eigenvalue weighted by Gasteiger charge is 2.24. The van der Waals surface area contributed by atoms with Crippen molar-refractivity contribution in [3.63, 3.8) is 0 Å². The van der Waals surface area contributed by atoms with Crippen LogP contribution in [-0.2, 0) is 17.6 Å². The highest BCUT2D eigenvalue weighted by molar-refractivity contribution is 5.79. The minimum atomic E-state index is -0.254. The van der Waals surface area contributed by atoms with Crippen molar-refractivity contribution in [3.8, 4) is 11.5 Å². The van der Waals surface area contributed by atoms with Gasteiger partial charge in [0.2, 0.25) is 5.91 Å². The molecule has 21 heavy (non-hydrogen) atoms. The van der Waals surface area contributed by atoms with Gasteiger partial charge in [0.1, 0.15) is 17.6 Å². The van der Waals surface area contributed by atoms with Crippen LogP contribution in [0.5, 0.6) is 11.5 Å². The fraction of sp³-hybridized carbons (Fsp3) is 0.562. The van der Waals surface area contributed by atoms with Gasteiger partial charge in [-0.1, -0.05) is 0 Å². The van der Waals surface area contributed by atoms with E-state index >= 15 is 0 Å². The summed E-state index contributed by atoms with van der Waals surface area (Å²) in [5.74, 6) is 1.42. The molecule has 1 aliphatic rings. The summed E-state index contributed by atoms with van der Waals surface area (Å²) in [7, 11) is 1.65. The number of nitrogens with one attached hydrogen (secondary N) is 1. The Morgan fingerprint density at radius 1 is 1.57 bits per heavy atom. The molecular weight excluding hydrogens is 268 g/mol. The van der Waals surface area contributed by atoms with Crippen molar-refractivity contribution in [2.24, 2.45) is 11.7 Å². The second kappa shape index (κ2) is 6.80. The first-order chi connectivity index (χ1) is 10.1. The Balaban J connectivity index is 2.22. The van der Waals surface area contributed by atoms with Gasteiger partial charge in [0, 0.05) is 25.1 Å². The molecule has 0 bridgehead atoms. The first-order valence-corrected chi connectivity index (χ1v) is 7.43. The number of carbonyl (C=O) groups excluding carboxylic acids is 1. The summed E-state index contributed by atoms with van der Waals surface area (Å²) < 4.78 is 11.2. The Bertz CT molecular complexity index is 516. The topological polar surface area (TPSA) is 73.6 Å². The SMILES string of the molecule is CCNC(=O)C(CN)Cc1cc2c(cc1OC)CC(C)O2. The summed E-state index contributed by atoms with van der Waals surface area (Å²) >= 11 is 0. The van der Waals surface area contributed by atoms with Gasteiger partial charge >= 0.3 is 0 Å². The van der Waals surface area contributed by atoms with Crippen molar-refractivity contribution in [2.45, 2.75) is 32.8 Å². The van der Waals surface area contributed by atoms with E-state index in [1.165, 1.54) is 0 Å². The fourth-order valence-corrected chi connectivity index (χ4v) is 2.70. The Morgan fingerprint density at radius 3 is 2.95 bits per heavy atom. The summed E-state index contributed by atoms with van der Waals surface area (Å²) in [4.78, 5) is 12.0. The second-order valence-electron chi connectivity index (χ2n) is 5.44. The zero-order valence-corrected chi connectivity index (χ0v) is 12.9. The first-order valence-electron chi connectivity index (χ1n) is 7.43. The maximum atomic E-state index is 12.0. The number of methoxy groups -OCH3 is 1. The number of benzene rings is 1. The Morgan fingerprint density at radius 2 is 2.33 bits per heavy atom. The van der Waals surface area contributed by atoms with Crippen LogP contribution in [-0.4, -0.2) is 32.2 Å². The monoisotopic (exact) mass is 292 g/mol. The Kier molecular flexibility index (Phi) is 5.07. The number of rotatable bonds is 6. The third-order valence-corrected chi connectivity index (χ3v) is 3.77. The van der Waals surface area contributed by atoms with Crippen LogP contribution in [0.4, 0.5) is 0 Å². The number of hydrogen-bond donors (Lipinski definition) is 2. The Labute approximate surface area is 125 Å². The van der Waals surface area contributed by atoms with E-state index in [1.54, 1.807) is 7.11 Å². The van der Waals surface area contributed by atoms with Crippen molar-refractivity contribution in [1.29, 1.82) is 0 Å². The van der Waals surface area contributed by atoms with Crippen LogP contribution in [0.15, 0.2) is 12.1 Å². The lowest BCUT2D eigenvalue weighted by Gasteiger charge is -2.17. The number of ether oxygens (including phenoxy) is 2. The van der Waals surface area contributed by atoms with Gasteiger partial charge in [0.25, 0.3) is 0 Å². The van der Waals surface area contributed by atoms with E-state index in [2.05, 4.69) is 5.32 Å². The zero-order valence-electron chi connectivity index (χ0n) is 12.9. The molecule has 1 heterocycles. The van der Waals surface area contributed by atoms with E-state index in [9.17, 15) is 4.79 Å². The smallest absolute Gasteiger partial charge is 0.224 e. The number of nitrogens with two attached hydrogens (primary N) is 1. The van der Waals surface area contributed by atoms with Gasteiger partial charge in [-0.2, -0.15) is 0 Å². The highest BCUT2D eigenvalue weighted by atomic mass is 16.5. The Hall–Kier alpha value is -1.75. The lowest BCUT2D eigenvalue weighted by molar-refractivity contribution is -0.124. The third-order valence-electron chi connectivity index (χ3n) is 3.77. The summed E-state index contributed by atoms with van der Waals surface area (Å²) in [6.07, 6.45) is 1.63. The van der Waals surface area contributed by atoms with Gasteiger partial charge in [0.15, 0.2) is 0 Å². The van der Waals surface area contributed by atoms with E-state index < -0.39 is 0 Å². The number of amides is 1. The summed E-state index contributed by atoms with van der Waals surface area (Å²) in [6, 6.07) is 4.00. The predicted molar refractivity (Wildman–Crippen MR) is 81.7 cm³/mol. The molecule has 2 atom stereocenters. The van der Waals surface area contributed by atoms with Gasteiger partial charge < -0.3 is 20.5 Å². The van der Waals surface area contributed by atoms with Gasteiger partial charge in [-0.3, -0.25) is 4.79 Å². The van der Waals surface area contributed by atoms with E-state index in [4.69, 9.17) is 15.2 Å². The van der Waals surface area contributed by atoms with Crippen LogP contribution >= 0.6 is 0 Å². The zero-order chi connectivity index (χ0) is 15.4. The molecule has 5 nitrogen and oxygen atoms in total. The summed E-state index contributed by atoms with van der Waals surface area (Å²) in [5.41, 5.74) is 7.87. The molecule has 3 N–H and O–H groups in total. The van der Waals surface area contributed by atoms with Gasteiger partial charge in [0.05, 0.1) is 13.0 Å². The lowest BCUT2D eigenvalue weighted by Crippen LogP contribution is -2.36. The normalized spacial score (nSPS) is 17.8. The molecule has 0 saturated heterocycles. The molecule has 0 fully saturated rings. The number of hydrogen-bond acceptors (Lipinski definition) is 4. The van der Waals surface area contributed by atoms with Crippen molar-refractivity contribution in [3.05, 3.63) is 23.3 Å². The predicted octanol–water partition coefficient (Wildman–Crippen LogP) is 1.27. The van der Waals surface area contributed by atoms with Crippen molar-refractivity contribution >= 4 is 5.91 Å². The molecule has 0 saturated carbocycles. The summed E-state index contributed by atoms with van der Waals surface area (Å²) in [5, 5.41) is 2.82. The van der Waals surface area contributed by atoms with Gasteiger partial charge in [-0.15, -0.1) is 0 Å². The molecule has 2 unspecified atom stereocenters. The van der Waals surface area contributed by atoms with Crippen LogP contribution in [0.25, 0.3) is 0 Å². The second-order valence-corrected chi connectivity index (χ2v) is 5.44. The minimum absolute atomic E-state index is 0.0168. The van der Waals surface area contributed by atoms with Crippen LogP contribution < -0.4 is 20.5 Å². The minimum Gasteiger partial charge on any atom is -0.496 e. The lowest BCUT2D eigenvalue weighted by atomic mass is 9.96. The average Bonchev–Trinajstić information content (AvgIpc) is 2.82. The molecule has 116 valence electrons. The van der Waals surface area contributed by atoms with Crippen molar-refractivity contribution < 1.29 is 14.3 Å². The maximum absolute atomic E-state index is 12.0. The molecule has 2 rings (SSSR count). The standard InChI is InChI=1S/C16H24N2O3/c1-4-18-16(19)13(9-17)6-12-8-15-11(5-10(2)21-15)7-14(12)20-3/h7-8,10,13H,4-6,9,17H2,1-3H3,(H,18,19). The maximum Gasteiger partial charge on any atom is 0.224 e. The molecule has 1 aliphatic heterocycles. The van der Waals surface area contributed by atoms with E-state index in [0.29, 0.717) is 19.5 Å². The van der Waals surface area contributed by atoms with Crippen molar-refractivity contribution in [1.82, 2.24) is 5.32 Å². The van der Waals surface area contributed by atoms with Crippen LogP contribution in [0.1, 0.15) is 25.0 Å². The van der Waals surface area contributed by atoms with E-state index in [1.807, 2.05) is 26.0 Å². The highest BCUT2D eigenvalue weighted by Crippen LogP contribution is 2.35. The quantitative estimate of drug-likeness (QED) is 0.828. The van der Waals surface area contributed by atoms with Crippen LogP contribution in [0, 0.1) is 5.92 Å². The van der Waals surface area contributed by atoms with Gasteiger partial charge in [-0.25, -0.2) is 0 Å². The molecule has 0 radical (unpaired) electrons. The molecular formula is C16H24N2O3. The average molecular weight is 292 g/mol. The third kappa shape index (κ3) is 3.47. The fourth-order valence-electron chi connectivity index (χ4n) is 2.70. The molecule has 1 aromatic carbocycles. The van der Waals surface area contributed by atoms with Crippen molar-refractivity contribution in [2.75, 3.05) is 20.2 Å². The molecule has 0 spiro atoms. The molecule has 0 aromatic heterocycles. The molecule has 0 aliphatic carbocycles. The number of fused-ring (bicyclic) bond motifs is 1. The molecule has 5 heteroatoms. The molecule has 1 amide bonds.